The van der Waals surface area contributed by atoms with Gasteiger partial charge in [0.25, 0.3) is 5.78 Å². The lowest BCUT2D eigenvalue weighted by atomic mass is 10.3. The number of halogens is 6. The van der Waals surface area contributed by atoms with Crippen LogP contribution in [-0.2, 0) is 0 Å². The number of Topliss-reactive ketones (excluding diaryl/α,β-unsaturated/α-hetero) is 1. The summed E-state index contributed by atoms with van der Waals surface area (Å²) in [7, 11) is 0. The van der Waals surface area contributed by atoms with Crippen molar-refractivity contribution in [3.05, 3.63) is 19.3 Å². The first-order valence-corrected chi connectivity index (χ1v) is 4.95. The molecule has 0 atom stereocenters. The van der Waals surface area contributed by atoms with E-state index in [0.717, 1.165) is 0 Å². The second kappa shape index (κ2) is 3.89. The molecule has 0 unspecified atom stereocenters. The number of thiophene rings is 1. The number of ketones is 1. The molecule has 14 heavy (non-hydrogen) atoms. The van der Waals surface area contributed by atoms with E-state index < -0.39 is 21.9 Å². The maximum Gasteiger partial charge on any atom is 0.455 e. The van der Waals surface area contributed by atoms with E-state index in [0.29, 0.717) is 11.3 Å². The maximum atomic E-state index is 12.0. The van der Waals surface area contributed by atoms with Crippen molar-refractivity contribution in [2.75, 3.05) is 0 Å². The Bertz CT molecular complexity index is 384. The molecule has 1 heterocycles. The normalized spacial score (nSPS) is 11.9. The van der Waals surface area contributed by atoms with Crippen LogP contribution in [-0.4, -0.2) is 12.0 Å². The van der Waals surface area contributed by atoms with Crippen molar-refractivity contribution in [3.8, 4) is 0 Å². The van der Waals surface area contributed by atoms with Crippen molar-refractivity contribution in [1.29, 1.82) is 0 Å². The molecular weight excluding hydrogens is 283 g/mol. The summed E-state index contributed by atoms with van der Waals surface area (Å²) in [5, 5.41) is -0.685. The van der Waals surface area contributed by atoms with Gasteiger partial charge in [0.1, 0.15) is 9.21 Å². The van der Waals surface area contributed by atoms with Crippen molar-refractivity contribution in [2.24, 2.45) is 0 Å². The Morgan fingerprint density at radius 2 is 1.64 bits per heavy atom. The van der Waals surface area contributed by atoms with Gasteiger partial charge in [-0.25, -0.2) is 0 Å². The van der Waals surface area contributed by atoms with Gasteiger partial charge in [0.2, 0.25) is 0 Å². The van der Waals surface area contributed by atoms with Crippen molar-refractivity contribution < 1.29 is 18.0 Å². The fraction of sp³-hybridized carbons (Fsp3) is 0.167. The Labute approximate surface area is 95.4 Å². The minimum absolute atomic E-state index is 0.135. The van der Waals surface area contributed by atoms with Crippen molar-refractivity contribution in [1.82, 2.24) is 0 Å². The molecule has 0 saturated carbocycles. The van der Waals surface area contributed by atoms with Crippen LogP contribution in [0.4, 0.5) is 13.2 Å². The zero-order chi connectivity index (χ0) is 11.1. The van der Waals surface area contributed by atoms with E-state index in [2.05, 4.69) is 0 Å². The molecule has 1 rings (SSSR count). The molecule has 0 radical (unpaired) electrons. The van der Waals surface area contributed by atoms with E-state index in [-0.39, 0.29) is 9.36 Å². The highest BCUT2D eigenvalue weighted by atomic mass is 35.5. The summed E-state index contributed by atoms with van der Waals surface area (Å²) >= 11 is 16.6. The minimum atomic E-state index is -4.97. The molecule has 0 saturated heterocycles. The van der Waals surface area contributed by atoms with Gasteiger partial charge >= 0.3 is 6.18 Å². The first kappa shape index (κ1) is 12.1. The lowest BCUT2D eigenvalue weighted by molar-refractivity contribution is -0.0882. The number of alkyl halides is 3. The fourth-order valence-electron chi connectivity index (χ4n) is 0.640. The number of hydrogen-bond donors (Lipinski definition) is 0. The Morgan fingerprint density at radius 3 is 1.93 bits per heavy atom. The summed E-state index contributed by atoms with van der Waals surface area (Å²) in [6.07, 6.45) is -4.97. The maximum absolute atomic E-state index is 12.0. The molecule has 0 fully saturated rings. The predicted molar refractivity (Wildman–Crippen MR) is 49.7 cm³/mol. The zero-order valence-electron chi connectivity index (χ0n) is 6.08. The van der Waals surface area contributed by atoms with Crippen LogP contribution in [0.1, 0.15) is 9.67 Å². The van der Waals surface area contributed by atoms with Gasteiger partial charge in [0, 0.05) is 0 Å². The van der Waals surface area contributed by atoms with Crippen molar-refractivity contribution >= 4 is 51.9 Å². The minimum Gasteiger partial charge on any atom is -0.283 e. The van der Waals surface area contributed by atoms with Gasteiger partial charge in [0.15, 0.2) is 0 Å². The number of carbonyl (C=O) groups excluding carboxylic acids is 1. The van der Waals surface area contributed by atoms with Crippen LogP contribution in [0, 0.1) is 0 Å². The van der Waals surface area contributed by atoms with Gasteiger partial charge in [-0.1, -0.05) is 34.8 Å². The molecule has 0 amide bonds. The van der Waals surface area contributed by atoms with Crippen LogP contribution in [0.5, 0.6) is 0 Å². The van der Waals surface area contributed by atoms with Crippen molar-refractivity contribution in [3.63, 3.8) is 0 Å². The average molecular weight is 283 g/mol. The van der Waals surface area contributed by atoms with Crippen LogP contribution >= 0.6 is 46.1 Å². The molecule has 1 nitrogen and oxygen atoms in total. The van der Waals surface area contributed by atoms with Gasteiger partial charge in [-0.3, -0.25) is 4.79 Å². The molecule has 0 aliphatic rings. The topological polar surface area (TPSA) is 17.1 Å². The van der Waals surface area contributed by atoms with E-state index in [9.17, 15) is 18.0 Å². The highest BCUT2D eigenvalue weighted by Gasteiger charge is 2.42. The summed E-state index contributed by atoms with van der Waals surface area (Å²) in [6.45, 7) is 0. The van der Waals surface area contributed by atoms with Crippen LogP contribution in [0.15, 0.2) is 0 Å². The third kappa shape index (κ3) is 2.16. The molecule has 0 aliphatic heterocycles. The van der Waals surface area contributed by atoms with Gasteiger partial charge in [0.05, 0.1) is 10.0 Å². The molecule has 0 aromatic carbocycles. The lowest BCUT2D eigenvalue weighted by Gasteiger charge is -2.02. The van der Waals surface area contributed by atoms with Gasteiger partial charge < -0.3 is 0 Å². The second-order valence-electron chi connectivity index (χ2n) is 2.16. The molecule has 0 spiro atoms. The van der Waals surface area contributed by atoms with Gasteiger partial charge in [-0.05, 0) is 0 Å². The Kier molecular flexibility index (Phi) is 3.36. The third-order valence-electron chi connectivity index (χ3n) is 1.22. The molecule has 1 aromatic rings. The van der Waals surface area contributed by atoms with E-state index in [1.807, 2.05) is 0 Å². The summed E-state index contributed by atoms with van der Waals surface area (Å²) < 4.78 is 35.8. The SMILES string of the molecule is O=C(c1sc(Cl)c(Cl)c1Cl)C(F)(F)F. The van der Waals surface area contributed by atoms with Crippen LogP contribution < -0.4 is 0 Å². The number of rotatable bonds is 1. The standard InChI is InChI=1S/C6Cl3F3OS/c7-1-2(8)5(9)14-3(1)4(13)6(10,11)12. The Morgan fingerprint density at radius 1 is 1.14 bits per heavy atom. The first-order valence-electron chi connectivity index (χ1n) is 3.00. The number of hydrogen-bond acceptors (Lipinski definition) is 2. The summed E-state index contributed by atoms with van der Waals surface area (Å²) in [4.78, 5) is 10.1. The second-order valence-corrected chi connectivity index (χ2v) is 4.54. The highest BCUT2D eigenvalue weighted by molar-refractivity contribution is 7.19. The molecule has 0 bridgehead atoms. The van der Waals surface area contributed by atoms with E-state index >= 15 is 0 Å². The smallest absolute Gasteiger partial charge is 0.283 e. The third-order valence-corrected chi connectivity index (χ3v) is 3.79. The molecular formula is C6Cl3F3OS. The van der Waals surface area contributed by atoms with Crippen molar-refractivity contribution in [2.45, 2.75) is 6.18 Å². The largest absolute Gasteiger partial charge is 0.455 e. The summed E-state index contributed by atoms with van der Waals surface area (Å²) in [5.41, 5.74) is 0. The van der Waals surface area contributed by atoms with Gasteiger partial charge in [-0.15, -0.1) is 11.3 Å². The molecule has 0 aliphatic carbocycles. The molecule has 0 N–H and O–H groups in total. The van der Waals surface area contributed by atoms with E-state index in [4.69, 9.17) is 34.8 Å². The number of carbonyl (C=O) groups is 1. The van der Waals surface area contributed by atoms with E-state index in [1.54, 1.807) is 0 Å². The quantitative estimate of drug-likeness (QED) is 0.696. The molecule has 1 aromatic heterocycles. The van der Waals surface area contributed by atoms with Crippen LogP contribution in [0.2, 0.25) is 14.4 Å². The van der Waals surface area contributed by atoms with Crippen LogP contribution in [0.25, 0.3) is 0 Å². The molecule has 78 valence electrons. The summed E-state index contributed by atoms with van der Waals surface area (Å²) in [5.74, 6) is -2.04. The first-order chi connectivity index (χ1) is 6.25. The average Bonchev–Trinajstić information content (AvgIpc) is 2.30. The monoisotopic (exact) mass is 282 g/mol. The summed E-state index contributed by atoms with van der Waals surface area (Å²) in [6, 6.07) is 0. The van der Waals surface area contributed by atoms with Crippen LogP contribution in [0.3, 0.4) is 0 Å². The zero-order valence-corrected chi connectivity index (χ0v) is 9.17. The fourth-order valence-corrected chi connectivity index (χ4v) is 2.40. The predicted octanol–water partition coefficient (Wildman–Crippen LogP) is 4.45. The van der Waals surface area contributed by atoms with Gasteiger partial charge in [-0.2, -0.15) is 13.2 Å². The van der Waals surface area contributed by atoms with E-state index in [1.165, 1.54) is 0 Å². The Balaban J connectivity index is 3.22. The molecule has 8 heteroatoms. The Hall–Kier alpha value is 0.0300. The highest BCUT2D eigenvalue weighted by Crippen LogP contribution is 2.42. The lowest BCUT2D eigenvalue weighted by Crippen LogP contribution is -2.21.